The number of carbonyl (C=O) groups excluding carboxylic acids is 1. The normalized spacial score (nSPS) is 9.55. The molecule has 0 N–H and O–H groups in total. The second kappa shape index (κ2) is 4.49. The monoisotopic (exact) mass is 260 g/mol. The SMILES string of the molecule is O=CCc1ccccc1CI. The summed E-state index contributed by atoms with van der Waals surface area (Å²) in [7, 11) is 0. The molecule has 0 aliphatic rings. The molecular formula is C9H9IO. The first kappa shape index (κ1) is 8.71. The van der Waals surface area contributed by atoms with Crippen LogP contribution in [-0.2, 0) is 15.6 Å². The summed E-state index contributed by atoms with van der Waals surface area (Å²) in [6, 6.07) is 8.03. The van der Waals surface area contributed by atoms with Crippen LogP contribution >= 0.6 is 22.6 Å². The fourth-order valence-corrected chi connectivity index (χ4v) is 1.72. The molecule has 0 fully saturated rings. The smallest absolute Gasteiger partial charge is 0.124 e. The van der Waals surface area contributed by atoms with Gasteiger partial charge in [0.25, 0.3) is 0 Å². The maximum atomic E-state index is 10.2. The largest absolute Gasteiger partial charge is 0.303 e. The fraction of sp³-hybridized carbons (Fsp3) is 0.222. The van der Waals surface area contributed by atoms with Gasteiger partial charge in [-0.3, -0.25) is 0 Å². The Morgan fingerprint density at radius 3 is 2.45 bits per heavy atom. The highest BCUT2D eigenvalue weighted by Gasteiger charge is 1.97. The molecule has 1 aromatic rings. The Morgan fingerprint density at radius 1 is 1.27 bits per heavy atom. The lowest BCUT2D eigenvalue weighted by Crippen LogP contribution is -1.91. The third-order valence-corrected chi connectivity index (χ3v) is 2.39. The van der Waals surface area contributed by atoms with Gasteiger partial charge in [0.15, 0.2) is 0 Å². The number of carbonyl (C=O) groups is 1. The van der Waals surface area contributed by atoms with Crippen molar-refractivity contribution in [2.75, 3.05) is 0 Å². The minimum atomic E-state index is 0.541. The van der Waals surface area contributed by atoms with Gasteiger partial charge in [-0.2, -0.15) is 0 Å². The fourth-order valence-electron chi connectivity index (χ4n) is 0.977. The average Bonchev–Trinajstić information content (AvgIpc) is 2.06. The van der Waals surface area contributed by atoms with Crippen LogP contribution in [0.5, 0.6) is 0 Å². The Morgan fingerprint density at radius 2 is 1.91 bits per heavy atom. The lowest BCUT2D eigenvalue weighted by Gasteiger charge is -2.01. The molecule has 0 aromatic heterocycles. The highest BCUT2D eigenvalue weighted by atomic mass is 127. The molecule has 0 radical (unpaired) electrons. The molecule has 0 unspecified atom stereocenters. The summed E-state index contributed by atoms with van der Waals surface area (Å²) >= 11 is 2.30. The van der Waals surface area contributed by atoms with Gasteiger partial charge >= 0.3 is 0 Å². The number of halogens is 1. The molecule has 0 spiro atoms. The summed E-state index contributed by atoms with van der Waals surface area (Å²) in [5.74, 6) is 0. The second-order valence-electron chi connectivity index (χ2n) is 2.27. The number of benzene rings is 1. The summed E-state index contributed by atoms with van der Waals surface area (Å²) < 4.78 is 0.974. The summed E-state index contributed by atoms with van der Waals surface area (Å²) in [5, 5.41) is 0. The average molecular weight is 260 g/mol. The van der Waals surface area contributed by atoms with Crippen LogP contribution in [0.15, 0.2) is 24.3 Å². The molecule has 1 nitrogen and oxygen atoms in total. The van der Waals surface area contributed by atoms with Crippen LogP contribution in [0.4, 0.5) is 0 Å². The van der Waals surface area contributed by atoms with Crippen LogP contribution in [-0.4, -0.2) is 6.29 Å². The maximum absolute atomic E-state index is 10.2. The molecule has 0 aliphatic carbocycles. The van der Waals surface area contributed by atoms with E-state index in [1.54, 1.807) is 0 Å². The maximum Gasteiger partial charge on any atom is 0.124 e. The summed E-state index contributed by atoms with van der Waals surface area (Å²) in [6.45, 7) is 0. The van der Waals surface area contributed by atoms with E-state index in [0.717, 1.165) is 16.3 Å². The molecule has 1 rings (SSSR count). The van der Waals surface area contributed by atoms with E-state index < -0.39 is 0 Å². The van der Waals surface area contributed by atoms with Gasteiger partial charge in [-0.05, 0) is 11.1 Å². The number of alkyl halides is 1. The molecule has 0 bridgehead atoms. The van der Waals surface area contributed by atoms with Crippen LogP contribution in [0.2, 0.25) is 0 Å². The van der Waals surface area contributed by atoms with Crippen LogP contribution in [0.1, 0.15) is 11.1 Å². The quantitative estimate of drug-likeness (QED) is 0.463. The van der Waals surface area contributed by atoms with Crippen LogP contribution in [0, 0.1) is 0 Å². The Labute approximate surface area is 79.9 Å². The van der Waals surface area contributed by atoms with Crippen LogP contribution < -0.4 is 0 Å². The molecule has 0 saturated heterocycles. The van der Waals surface area contributed by atoms with Crippen molar-refractivity contribution >= 4 is 28.9 Å². The predicted molar refractivity (Wildman–Crippen MR) is 53.9 cm³/mol. The minimum Gasteiger partial charge on any atom is -0.303 e. The Balaban J connectivity index is 2.92. The van der Waals surface area contributed by atoms with Gasteiger partial charge in [-0.1, -0.05) is 46.9 Å². The van der Waals surface area contributed by atoms with Gasteiger partial charge in [0, 0.05) is 10.8 Å². The molecule has 0 heterocycles. The Hall–Kier alpha value is -0.380. The van der Waals surface area contributed by atoms with E-state index >= 15 is 0 Å². The van der Waals surface area contributed by atoms with Crippen molar-refractivity contribution in [1.29, 1.82) is 0 Å². The van der Waals surface area contributed by atoms with Gasteiger partial charge in [0.05, 0.1) is 0 Å². The molecule has 2 heteroatoms. The highest BCUT2D eigenvalue weighted by Crippen LogP contribution is 2.12. The zero-order valence-electron chi connectivity index (χ0n) is 6.09. The van der Waals surface area contributed by atoms with E-state index in [9.17, 15) is 4.79 Å². The van der Waals surface area contributed by atoms with Crippen molar-refractivity contribution < 1.29 is 4.79 Å². The summed E-state index contributed by atoms with van der Waals surface area (Å²) in [4.78, 5) is 10.2. The molecule has 0 aliphatic heterocycles. The van der Waals surface area contributed by atoms with Crippen LogP contribution in [0.25, 0.3) is 0 Å². The number of aldehydes is 1. The molecule has 1 aromatic carbocycles. The van der Waals surface area contributed by atoms with Crippen molar-refractivity contribution in [3.8, 4) is 0 Å². The van der Waals surface area contributed by atoms with Crippen LogP contribution in [0.3, 0.4) is 0 Å². The Kier molecular flexibility index (Phi) is 3.56. The number of rotatable bonds is 3. The third kappa shape index (κ3) is 2.29. The van der Waals surface area contributed by atoms with E-state index in [-0.39, 0.29) is 0 Å². The minimum absolute atomic E-state index is 0.541. The highest BCUT2D eigenvalue weighted by molar-refractivity contribution is 14.1. The van der Waals surface area contributed by atoms with E-state index in [1.807, 2.05) is 18.2 Å². The third-order valence-electron chi connectivity index (χ3n) is 1.57. The second-order valence-corrected chi connectivity index (χ2v) is 3.04. The van der Waals surface area contributed by atoms with Gasteiger partial charge < -0.3 is 4.79 Å². The molecule has 0 atom stereocenters. The summed E-state index contributed by atoms with van der Waals surface area (Å²) in [5.41, 5.74) is 2.41. The summed E-state index contributed by atoms with van der Waals surface area (Å²) in [6.07, 6.45) is 1.49. The van der Waals surface area contributed by atoms with E-state index in [4.69, 9.17) is 0 Å². The van der Waals surface area contributed by atoms with E-state index in [1.165, 1.54) is 5.56 Å². The molecule has 0 amide bonds. The standard InChI is InChI=1S/C9H9IO/c10-7-9-4-2-1-3-8(9)5-6-11/h1-4,6H,5,7H2. The Bertz CT molecular complexity index is 245. The van der Waals surface area contributed by atoms with Gasteiger partial charge in [-0.25, -0.2) is 0 Å². The first-order chi connectivity index (χ1) is 5.38. The molecule has 0 saturated carbocycles. The zero-order chi connectivity index (χ0) is 8.10. The molecule has 58 valence electrons. The van der Waals surface area contributed by atoms with E-state index in [2.05, 4.69) is 28.7 Å². The first-order valence-electron chi connectivity index (χ1n) is 3.45. The lowest BCUT2D eigenvalue weighted by atomic mass is 10.1. The van der Waals surface area contributed by atoms with Crippen molar-refractivity contribution in [3.63, 3.8) is 0 Å². The van der Waals surface area contributed by atoms with Gasteiger partial charge in [0.1, 0.15) is 6.29 Å². The molecule has 11 heavy (non-hydrogen) atoms. The zero-order valence-corrected chi connectivity index (χ0v) is 8.24. The van der Waals surface area contributed by atoms with Crippen molar-refractivity contribution in [2.45, 2.75) is 10.8 Å². The van der Waals surface area contributed by atoms with Gasteiger partial charge in [-0.15, -0.1) is 0 Å². The van der Waals surface area contributed by atoms with Crippen molar-refractivity contribution in [2.24, 2.45) is 0 Å². The topological polar surface area (TPSA) is 17.1 Å². The van der Waals surface area contributed by atoms with Gasteiger partial charge in [0.2, 0.25) is 0 Å². The van der Waals surface area contributed by atoms with E-state index in [0.29, 0.717) is 6.42 Å². The predicted octanol–water partition coefficient (Wildman–Crippen LogP) is 2.36. The van der Waals surface area contributed by atoms with Crippen molar-refractivity contribution in [3.05, 3.63) is 35.4 Å². The first-order valence-corrected chi connectivity index (χ1v) is 4.97. The number of hydrogen-bond acceptors (Lipinski definition) is 1. The molecular weight excluding hydrogens is 251 g/mol. The van der Waals surface area contributed by atoms with Crippen molar-refractivity contribution in [1.82, 2.24) is 0 Å². The number of hydrogen-bond donors (Lipinski definition) is 0. The lowest BCUT2D eigenvalue weighted by molar-refractivity contribution is -0.107.